The number of nitrogens with zero attached hydrogens (tertiary/aromatic N) is 1. The third kappa shape index (κ3) is 2.26. The summed E-state index contributed by atoms with van der Waals surface area (Å²) >= 11 is 1.95. The molecule has 0 aromatic carbocycles. The molecule has 1 saturated heterocycles. The average molecular weight is 276 g/mol. The second-order valence-corrected chi connectivity index (χ2v) is 7.75. The van der Waals surface area contributed by atoms with Crippen molar-refractivity contribution in [3.05, 3.63) is 22.4 Å². The van der Waals surface area contributed by atoms with E-state index in [1.54, 1.807) is 4.88 Å². The Morgan fingerprint density at radius 3 is 2.79 bits per heavy atom. The molecule has 2 nitrogen and oxygen atoms in total. The van der Waals surface area contributed by atoms with Crippen molar-refractivity contribution < 1.29 is 0 Å². The molecule has 3 aliphatic rings. The summed E-state index contributed by atoms with van der Waals surface area (Å²) in [6.07, 6.45) is 6.88. The van der Waals surface area contributed by atoms with Gasteiger partial charge in [0, 0.05) is 30.1 Å². The zero-order chi connectivity index (χ0) is 12.8. The Hall–Kier alpha value is -0.380. The molecule has 0 bridgehead atoms. The van der Waals surface area contributed by atoms with E-state index >= 15 is 0 Å². The van der Waals surface area contributed by atoms with Crippen LogP contribution in [0.1, 0.15) is 43.0 Å². The minimum Gasteiger partial charge on any atom is -0.327 e. The molecule has 2 heterocycles. The first kappa shape index (κ1) is 12.4. The Labute approximate surface area is 120 Å². The molecule has 1 aromatic heterocycles. The molecule has 0 radical (unpaired) electrons. The van der Waals surface area contributed by atoms with Crippen molar-refractivity contribution >= 4 is 11.3 Å². The number of fused-ring (bicyclic) bond motifs is 1. The van der Waals surface area contributed by atoms with Gasteiger partial charge in [0.05, 0.1) is 0 Å². The van der Waals surface area contributed by atoms with Crippen LogP contribution in [-0.4, -0.2) is 24.0 Å². The minimum atomic E-state index is 0.465. The molecule has 104 valence electrons. The van der Waals surface area contributed by atoms with Gasteiger partial charge in [-0.3, -0.25) is 4.90 Å². The van der Waals surface area contributed by atoms with Gasteiger partial charge in [-0.2, -0.15) is 0 Å². The highest BCUT2D eigenvalue weighted by Gasteiger charge is 2.45. The summed E-state index contributed by atoms with van der Waals surface area (Å²) in [4.78, 5) is 4.37. The van der Waals surface area contributed by atoms with Gasteiger partial charge in [0.15, 0.2) is 0 Å². The molecule has 4 unspecified atom stereocenters. The molecule has 19 heavy (non-hydrogen) atoms. The molecule has 1 aliphatic heterocycles. The lowest BCUT2D eigenvalue weighted by molar-refractivity contribution is 0.211. The molecule has 3 heteroatoms. The van der Waals surface area contributed by atoms with Crippen LogP contribution in [0.3, 0.4) is 0 Å². The smallest absolute Gasteiger partial charge is 0.0469 e. The summed E-state index contributed by atoms with van der Waals surface area (Å²) in [7, 11) is 0. The number of hydrogen-bond donors (Lipinski definition) is 1. The first-order chi connectivity index (χ1) is 9.33. The van der Waals surface area contributed by atoms with Crippen LogP contribution in [-0.2, 0) is 0 Å². The Bertz CT molecular complexity index is 426. The van der Waals surface area contributed by atoms with E-state index in [0.29, 0.717) is 12.1 Å². The highest BCUT2D eigenvalue weighted by Crippen LogP contribution is 2.49. The van der Waals surface area contributed by atoms with Crippen molar-refractivity contribution in [2.75, 3.05) is 13.1 Å². The van der Waals surface area contributed by atoms with E-state index in [1.165, 1.54) is 45.2 Å². The van der Waals surface area contributed by atoms with E-state index in [2.05, 4.69) is 22.4 Å². The van der Waals surface area contributed by atoms with Crippen LogP contribution in [0.2, 0.25) is 0 Å². The van der Waals surface area contributed by atoms with Gasteiger partial charge >= 0.3 is 0 Å². The second-order valence-electron chi connectivity index (χ2n) is 6.77. The maximum atomic E-state index is 6.37. The highest BCUT2D eigenvalue weighted by atomic mass is 32.1. The SMILES string of the molecule is NC1CCCC2CN(C(c3cccs3)C3CC3)CC12. The van der Waals surface area contributed by atoms with E-state index in [-0.39, 0.29) is 0 Å². The molecular formula is C16H24N2S. The summed E-state index contributed by atoms with van der Waals surface area (Å²) in [6, 6.07) is 5.73. The monoisotopic (exact) mass is 276 g/mol. The minimum absolute atomic E-state index is 0.465. The van der Waals surface area contributed by atoms with Gasteiger partial charge in [-0.25, -0.2) is 0 Å². The normalized spacial score (nSPS) is 37.2. The molecular weight excluding hydrogens is 252 g/mol. The van der Waals surface area contributed by atoms with Crippen LogP contribution < -0.4 is 5.73 Å². The lowest BCUT2D eigenvalue weighted by Crippen LogP contribution is -2.38. The highest BCUT2D eigenvalue weighted by molar-refractivity contribution is 7.10. The van der Waals surface area contributed by atoms with Gasteiger partial charge in [0.25, 0.3) is 0 Å². The van der Waals surface area contributed by atoms with Gasteiger partial charge in [0.1, 0.15) is 0 Å². The topological polar surface area (TPSA) is 29.3 Å². The van der Waals surface area contributed by atoms with E-state index in [1.807, 2.05) is 11.3 Å². The molecule has 3 fully saturated rings. The zero-order valence-electron chi connectivity index (χ0n) is 11.5. The van der Waals surface area contributed by atoms with Gasteiger partial charge in [-0.05, 0) is 54.9 Å². The lowest BCUT2D eigenvalue weighted by atomic mass is 9.78. The van der Waals surface area contributed by atoms with E-state index in [4.69, 9.17) is 5.73 Å². The number of thiophene rings is 1. The van der Waals surface area contributed by atoms with Gasteiger partial charge in [0.2, 0.25) is 0 Å². The predicted octanol–water partition coefficient (Wildman–Crippen LogP) is 3.26. The molecule has 4 atom stereocenters. The summed E-state index contributed by atoms with van der Waals surface area (Å²) in [5.41, 5.74) is 6.37. The average Bonchev–Trinajstić information content (AvgIpc) is 2.91. The van der Waals surface area contributed by atoms with Crippen molar-refractivity contribution in [2.24, 2.45) is 23.5 Å². The molecule has 1 aromatic rings. The van der Waals surface area contributed by atoms with Crippen molar-refractivity contribution in [2.45, 2.75) is 44.2 Å². The summed E-state index contributed by atoms with van der Waals surface area (Å²) < 4.78 is 0. The first-order valence-corrected chi connectivity index (χ1v) is 8.74. The lowest BCUT2D eigenvalue weighted by Gasteiger charge is -2.30. The van der Waals surface area contributed by atoms with Gasteiger partial charge < -0.3 is 5.73 Å². The fourth-order valence-corrected chi connectivity index (χ4v) is 5.31. The van der Waals surface area contributed by atoms with Crippen molar-refractivity contribution in [3.8, 4) is 0 Å². The fraction of sp³-hybridized carbons (Fsp3) is 0.750. The standard InChI is InChI=1S/C16H24N2S/c17-14-4-1-3-12-9-18(10-13(12)14)16(11-6-7-11)15-5-2-8-19-15/h2,5,8,11-14,16H,1,3-4,6-7,9-10,17H2. The molecule has 2 N–H and O–H groups in total. The first-order valence-electron chi connectivity index (χ1n) is 7.86. The predicted molar refractivity (Wildman–Crippen MR) is 80.2 cm³/mol. The van der Waals surface area contributed by atoms with Crippen LogP contribution in [0.25, 0.3) is 0 Å². The third-order valence-electron chi connectivity index (χ3n) is 5.48. The largest absolute Gasteiger partial charge is 0.327 e. The Kier molecular flexibility index (Phi) is 3.17. The van der Waals surface area contributed by atoms with Crippen molar-refractivity contribution in [1.29, 1.82) is 0 Å². The third-order valence-corrected chi connectivity index (χ3v) is 6.42. The van der Waals surface area contributed by atoms with E-state index in [0.717, 1.165) is 17.8 Å². The molecule has 0 spiro atoms. The maximum Gasteiger partial charge on any atom is 0.0469 e. The molecule has 2 aliphatic carbocycles. The maximum absolute atomic E-state index is 6.37. The second kappa shape index (κ2) is 4.87. The molecule has 0 amide bonds. The van der Waals surface area contributed by atoms with E-state index in [9.17, 15) is 0 Å². The van der Waals surface area contributed by atoms with Crippen LogP contribution in [0.4, 0.5) is 0 Å². The van der Waals surface area contributed by atoms with Gasteiger partial charge in [-0.1, -0.05) is 12.5 Å². The summed E-state index contributed by atoms with van der Waals surface area (Å²) in [6.45, 7) is 2.56. The molecule has 2 saturated carbocycles. The van der Waals surface area contributed by atoms with E-state index < -0.39 is 0 Å². The van der Waals surface area contributed by atoms with Crippen LogP contribution in [0, 0.1) is 17.8 Å². The van der Waals surface area contributed by atoms with Gasteiger partial charge in [-0.15, -0.1) is 11.3 Å². The number of rotatable bonds is 3. The summed E-state index contributed by atoms with van der Waals surface area (Å²) in [5, 5.41) is 2.24. The van der Waals surface area contributed by atoms with Crippen molar-refractivity contribution in [1.82, 2.24) is 4.90 Å². The van der Waals surface area contributed by atoms with Crippen LogP contribution >= 0.6 is 11.3 Å². The Morgan fingerprint density at radius 1 is 1.21 bits per heavy atom. The summed E-state index contributed by atoms with van der Waals surface area (Å²) in [5.74, 6) is 2.58. The number of nitrogens with two attached hydrogens (primary N) is 1. The van der Waals surface area contributed by atoms with Crippen LogP contribution in [0.5, 0.6) is 0 Å². The molecule has 4 rings (SSSR count). The quantitative estimate of drug-likeness (QED) is 0.918. The fourth-order valence-electron chi connectivity index (χ4n) is 4.36. The zero-order valence-corrected chi connectivity index (χ0v) is 12.3. The number of hydrogen-bond acceptors (Lipinski definition) is 3. The number of likely N-dealkylation sites (tertiary alicyclic amines) is 1. The Morgan fingerprint density at radius 2 is 2.11 bits per heavy atom. The Balaban J connectivity index is 1.55. The van der Waals surface area contributed by atoms with Crippen LogP contribution in [0.15, 0.2) is 17.5 Å². The van der Waals surface area contributed by atoms with Crippen molar-refractivity contribution in [3.63, 3.8) is 0 Å².